The summed E-state index contributed by atoms with van der Waals surface area (Å²) >= 11 is 0. The molecule has 0 heterocycles. The highest BCUT2D eigenvalue weighted by Gasteiger charge is 2.30. The van der Waals surface area contributed by atoms with E-state index in [-0.39, 0.29) is 22.7 Å². The van der Waals surface area contributed by atoms with Crippen molar-refractivity contribution in [3.05, 3.63) is 52.6 Å². The molecule has 0 saturated heterocycles. The third-order valence-electron chi connectivity index (χ3n) is 4.41. The van der Waals surface area contributed by atoms with E-state index in [0.29, 0.717) is 6.42 Å². The highest BCUT2D eigenvalue weighted by molar-refractivity contribution is 5.58. The SMILES string of the molecule is CCc1cc(O)c(O)c(CC)c1C(C)(C)c1ccc(O)cc1. The van der Waals surface area contributed by atoms with Crippen molar-refractivity contribution in [2.75, 3.05) is 0 Å². The van der Waals surface area contributed by atoms with Gasteiger partial charge in [0.2, 0.25) is 0 Å². The summed E-state index contributed by atoms with van der Waals surface area (Å²) in [7, 11) is 0. The van der Waals surface area contributed by atoms with Crippen molar-refractivity contribution in [3.8, 4) is 17.2 Å². The third-order valence-corrected chi connectivity index (χ3v) is 4.41. The Bertz CT molecular complexity index is 670. The molecule has 0 spiro atoms. The van der Waals surface area contributed by atoms with Crippen molar-refractivity contribution in [2.24, 2.45) is 0 Å². The number of hydrogen-bond acceptors (Lipinski definition) is 3. The first-order chi connectivity index (χ1) is 10.3. The molecule has 3 nitrogen and oxygen atoms in total. The zero-order valence-corrected chi connectivity index (χ0v) is 13.6. The van der Waals surface area contributed by atoms with Crippen molar-refractivity contribution in [1.29, 1.82) is 0 Å². The van der Waals surface area contributed by atoms with Crippen LogP contribution in [0.2, 0.25) is 0 Å². The average molecular weight is 300 g/mol. The molecular formula is C19H24O3. The van der Waals surface area contributed by atoms with Crippen LogP contribution in [0.5, 0.6) is 17.2 Å². The molecule has 2 rings (SSSR count). The van der Waals surface area contributed by atoms with Crippen LogP contribution in [-0.4, -0.2) is 15.3 Å². The minimum Gasteiger partial charge on any atom is -0.508 e. The van der Waals surface area contributed by atoms with E-state index in [0.717, 1.165) is 28.7 Å². The van der Waals surface area contributed by atoms with Gasteiger partial charge in [0, 0.05) is 11.0 Å². The summed E-state index contributed by atoms with van der Waals surface area (Å²) in [6.45, 7) is 8.22. The largest absolute Gasteiger partial charge is 0.508 e. The van der Waals surface area contributed by atoms with Crippen LogP contribution in [0.15, 0.2) is 30.3 Å². The molecule has 0 bridgehead atoms. The van der Waals surface area contributed by atoms with E-state index >= 15 is 0 Å². The fraction of sp³-hybridized carbons (Fsp3) is 0.368. The number of benzene rings is 2. The molecule has 0 atom stereocenters. The average Bonchev–Trinajstić information content (AvgIpc) is 2.49. The van der Waals surface area contributed by atoms with Crippen LogP contribution in [0.3, 0.4) is 0 Å². The first kappa shape index (κ1) is 16.2. The lowest BCUT2D eigenvalue weighted by Crippen LogP contribution is -2.23. The van der Waals surface area contributed by atoms with Gasteiger partial charge in [-0.2, -0.15) is 0 Å². The molecule has 0 saturated carbocycles. The van der Waals surface area contributed by atoms with Crippen LogP contribution < -0.4 is 0 Å². The first-order valence-corrected chi connectivity index (χ1v) is 7.69. The molecule has 0 aromatic heterocycles. The molecule has 0 aliphatic carbocycles. The molecule has 3 N–H and O–H groups in total. The summed E-state index contributed by atoms with van der Waals surface area (Å²) < 4.78 is 0. The molecule has 0 aliphatic rings. The highest BCUT2D eigenvalue weighted by Crippen LogP contribution is 2.43. The van der Waals surface area contributed by atoms with Gasteiger partial charge in [-0.3, -0.25) is 0 Å². The molecule has 0 radical (unpaired) electrons. The first-order valence-electron chi connectivity index (χ1n) is 7.69. The van der Waals surface area contributed by atoms with Gasteiger partial charge < -0.3 is 15.3 Å². The van der Waals surface area contributed by atoms with Gasteiger partial charge in [0.15, 0.2) is 11.5 Å². The Morgan fingerprint density at radius 2 is 1.50 bits per heavy atom. The Morgan fingerprint density at radius 1 is 0.909 bits per heavy atom. The molecule has 2 aromatic rings. The Morgan fingerprint density at radius 3 is 2.00 bits per heavy atom. The van der Waals surface area contributed by atoms with E-state index in [1.165, 1.54) is 0 Å². The van der Waals surface area contributed by atoms with E-state index in [4.69, 9.17) is 0 Å². The fourth-order valence-corrected chi connectivity index (χ4v) is 3.20. The van der Waals surface area contributed by atoms with Crippen molar-refractivity contribution in [2.45, 2.75) is 46.0 Å². The molecular weight excluding hydrogens is 276 g/mol. The zero-order valence-electron chi connectivity index (χ0n) is 13.6. The summed E-state index contributed by atoms with van der Waals surface area (Å²) in [5.74, 6) is 0.153. The smallest absolute Gasteiger partial charge is 0.160 e. The topological polar surface area (TPSA) is 60.7 Å². The van der Waals surface area contributed by atoms with Crippen LogP contribution in [0.1, 0.15) is 49.9 Å². The van der Waals surface area contributed by atoms with Crippen LogP contribution in [-0.2, 0) is 18.3 Å². The summed E-state index contributed by atoms with van der Waals surface area (Å²) in [4.78, 5) is 0. The molecule has 22 heavy (non-hydrogen) atoms. The summed E-state index contributed by atoms with van der Waals surface area (Å²) in [6, 6.07) is 8.81. The van der Waals surface area contributed by atoms with E-state index in [2.05, 4.69) is 13.8 Å². The summed E-state index contributed by atoms with van der Waals surface area (Å²) in [6.07, 6.45) is 1.42. The third kappa shape index (κ3) is 2.63. The maximum Gasteiger partial charge on any atom is 0.160 e. The number of rotatable bonds is 4. The monoisotopic (exact) mass is 300 g/mol. The van der Waals surface area contributed by atoms with Gasteiger partial charge in [0.05, 0.1) is 0 Å². The van der Waals surface area contributed by atoms with E-state index in [1.807, 2.05) is 26.0 Å². The summed E-state index contributed by atoms with van der Waals surface area (Å²) in [5.41, 5.74) is 3.59. The van der Waals surface area contributed by atoms with Crippen LogP contribution in [0, 0.1) is 0 Å². The second-order valence-electron chi connectivity index (χ2n) is 6.14. The van der Waals surface area contributed by atoms with Crippen molar-refractivity contribution in [3.63, 3.8) is 0 Å². The fourth-order valence-electron chi connectivity index (χ4n) is 3.20. The maximum atomic E-state index is 10.3. The predicted molar refractivity (Wildman–Crippen MR) is 88.8 cm³/mol. The molecule has 0 amide bonds. The van der Waals surface area contributed by atoms with E-state index in [1.54, 1.807) is 18.2 Å². The lowest BCUT2D eigenvalue weighted by Gasteiger charge is -2.31. The van der Waals surface area contributed by atoms with Crippen molar-refractivity contribution >= 4 is 0 Å². The number of aromatic hydroxyl groups is 3. The Hall–Kier alpha value is -2.16. The van der Waals surface area contributed by atoms with E-state index in [9.17, 15) is 15.3 Å². The van der Waals surface area contributed by atoms with Crippen molar-refractivity contribution < 1.29 is 15.3 Å². The van der Waals surface area contributed by atoms with Crippen LogP contribution in [0.4, 0.5) is 0 Å². The van der Waals surface area contributed by atoms with Gasteiger partial charge >= 0.3 is 0 Å². The lowest BCUT2D eigenvalue weighted by molar-refractivity contribution is 0.396. The normalized spacial score (nSPS) is 11.6. The van der Waals surface area contributed by atoms with Gasteiger partial charge in [-0.25, -0.2) is 0 Å². The number of hydrogen-bond donors (Lipinski definition) is 3. The standard InChI is InChI=1S/C19H24O3/c1-5-12-11-16(21)18(22)15(6-2)17(12)19(3,4)13-7-9-14(20)10-8-13/h7-11,20-22H,5-6H2,1-4H3. The molecule has 3 heteroatoms. The predicted octanol–water partition coefficient (Wildman–Crippen LogP) is 4.25. The maximum absolute atomic E-state index is 10.3. The zero-order chi connectivity index (χ0) is 16.5. The molecule has 2 aromatic carbocycles. The molecule has 118 valence electrons. The quantitative estimate of drug-likeness (QED) is 0.740. The molecule has 0 unspecified atom stereocenters. The Balaban J connectivity index is 2.73. The Labute approximate surface area is 131 Å². The van der Waals surface area contributed by atoms with E-state index < -0.39 is 0 Å². The van der Waals surface area contributed by atoms with Gasteiger partial charge in [-0.15, -0.1) is 0 Å². The second kappa shape index (κ2) is 5.91. The van der Waals surface area contributed by atoms with Crippen LogP contribution >= 0.6 is 0 Å². The lowest BCUT2D eigenvalue weighted by atomic mass is 9.72. The molecule has 0 aliphatic heterocycles. The van der Waals surface area contributed by atoms with Crippen molar-refractivity contribution in [1.82, 2.24) is 0 Å². The molecule has 0 fully saturated rings. The minimum absolute atomic E-state index is 0.0263. The van der Waals surface area contributed by atoms with Crippen LogP contribution in [0.25, 0.3) is 0 Å². The Kier molecular flexibility index (Phi) is 4.36. The number of phenolic OH excluding ortho intramolecular Hbond substituents is 3. The minimum atomic E-state index is -0.338. The van der Waals surface area contributed by atoms with Gasteiger partial charge in [-0.1, -0.05) is 39.8 Å². The number of aryl methyl sites for hydroxylation is 1. The second-order valence-corrected chi connectivity index (χ2v) is 6.14. The summed E-state index contributed by atoms with van der Waals surface area (Å²) in [5, 5.41) is 29.7. The highest BCUT2D eigenvalue weighted by atomic mass is 16.3. The van der Waals surface area contributed by atoms with Gasteiger partial charge in [0.1, 0.15) is 5.75 Å². The van der Waals surface area contributed by atoms with Gasteiger partial charge in [0.25, 0.3) is 0 Å². The number of phenols is 3. The van der Waals surface area contributed by atoms with Gasteiger partial charge in [-0.05, 0) is 47.7 Å².